The lowest BCUT2D eigenvalue weighted by Gasteiger charge is -2.21. The molecule has 0 amide bonds. The molecule has 3 nitrogen and oxygen atoms in total. The Morgan fingerprint density at radius 2 is 1.89 bits per heavy atom. The largest absolute Gasteiger partial charge is 0.480 e. The number of halogens is 5. The molecule has 0 saturated carbocycles. The normalized spacial score (nSPS) is 11.9. The molecule has 0 aliphatic rings. The number of aliphatic carboxylic acids is 1. The van der Waals surface area contributed by atoms with Gasteiger partial charge in [-0.05, 0) is 17.7 Å². The number of nitrogens with zero attached hydrogens (tertiary/aromatic N) is 1. The van der Waals surface area contributed by atoms with E-state index < -0.39 is 25.2 Å². The smallest absolute Gasteiger partial charge is 0.401 e. The van der Waals surface area contributed by atoms with Crippen molar-refractivity contribution in [3.05, 3.63) is 33.8 Å². The van der Waals surface area contributed by atoms with Crippen molar-refractivity contribution >= 4 is 29.2 Å². The zero-order valence-corrected chi connectivity index (χ0v) is 11.1. The molecule has 0 aliphatic carbocycles. The molecule has 1 aromatic carbocycles. The highest BCUT2D eigenvalue weighted by molar-refractivity contribution is 6.42. The summed E-state index contributed by atoms with van der Waals surface area (Å²) in [6, 6.07) is 4.36. The molecule has 106 valence electrons. The summed E-state index contributed by atoms with van der Waals surface area (Å²) in [5.74, 6) is -1.33. The van der Waals surface area contributed by atoms with Crippen molar-refractivity contribution in [2.24, 2.45) is 0 Å². The maximum atomic E-state index is 12.3. The third-order valence-electron chi connectivity index (χ3n) is 2.15. The van der Waals surface area contributed by atoms with Crippen molar-refractivity contribution in [3.8, 4) is 0 Å². The third kappa shape index (κ3) is 6.13. The summed E-state index contributed by atoms with van der Waals surface area (Å²) in [5, 5.41) is 9.09. The minimum absolute atomic E-state index is 0.178. The summed E-state index contributed by atoms with van der Waals surface area (Å²) >= 11 is 11.4. The second kappa shape index (κ2) is 6.45. The first-order valence-electron chi connectivity index (χ1n) is 5.12. The van der Waals surface area contributed by atoms with Gasteiger partial charge in [0.1, 0.15) is 0 Å². The van der Waals surface area contributed by atoms with Crippen LogP contribution in [0.5, 0.6) is 0 Å². The fraction of sp³-hybridized carbons (Fsp3) is 0.364. The summed E-state index contributed by atoms with van der Waals surface area (Å²) in [5.41, 5.74) is 0.458. The standard InChI is InChI=1S/C11H10Cl2F3NO2/c12-8-2-1-7(3-9(8)13)4-17(5-10(18)19)6-11(14,15)16/h1-3H,4-6H2,(H,18,19). The molecule has 1 aromatic rings. The van der Waals surface area contributed by atoms with E-state index in [9.17, 15) is 18.0 Å². The van der Waals surface area contributed by atoms with Gasteiger partial charge in [0.05, 0.1) is 23.1 Å². The van der Waals surface area contributed by atoms with Crippen molar-refractivity contribution in [1.82, 2.24) is 4.90 Å². The third-order valence-corrected chi connectivity index (χ3v) is 2.89. The lowest BCUT2D eigenvalue weighted by molar-refractivity contribution is -0.154. The molecule has 1 N–H and O–H groups in total. The number of hydrogen-bond donors (Lipinski definition) is 1. The highest BCUT2D eigenvalue weighted by atomic mass is 35.5. The van der Waals surface area contributed by atoms with Crippen LogP contribution in [-0.2, 0) is 11.3 Å². The molecule has 0 spiro atoms. The Balaban J connectivity index is 2.81. The number of hydrogen-bond acceptors (Lipinski definition) is 2. The van der Waals surface area contributed by atoms with Crippen molar-refractivity contribution < 1.29 is 23.1 Å². The molecular formula is C11H10Cl2F3NO2. The molecule has 0 atom stereocenters. The minimum Gasteiger partial charge on any atom is -0.480 e. The van der Waals surface area contributed by atoms with Crippen LogP contribution >= 0.6 is 23.2 Å². The van der Waals surface area contributed by atoms with Gasteiger partial charge in [0.25, 0.3) is 0 Å². The van der Waals surface area contributed by atoms with Crippen molar-refractivity contribution in [2.75, 3.05) is 13.1 Å². The van der Waals surface area contributed by atoms with E-state index in [1.807, 2.05) is 0 Å². The first-order valence-corrected chi connectivity index (χ1v) is 5.88. The molecule has 0 radical (unpaired) electrons. The monoisotopic (exact) mass is 315 g/mol. The highest BCUT2D eigenvalue weighted by Gasteiger charge is 2.31. The Morgan fingerprint density at radius 1 is 1.26 bits per heavy atom. The highest BCUT2D eigenvalue weighted by Crippen LogP contribution is 2.24. The zero-order chi connectivity index (χ0) is 14.6. The first kappa shape index (κ1) is 16.1. The molecule has 8 heteroatoms. The van der Waals surface area contributed by atoms with Crippen LogP contribution in [0, 0.1) is 0 Å². The van der Waals surface area contributed by atoms with Gasteiger partial charge >= 0.3 is 12.1 Å². The quantitative estimate of drug-likeness (QED) is 0.904. The molecular weight excluding hydrogens is 306 g/mol. The Bertz CT molecular complexity index is 466. The van der Waals surface area contributed by atoms with Crippen LogP contribution in [0.2, 0.25) is 10.0 Å². The van der Waals surface area contributed by atoms with Crippen LogP contribution in [0.1, 0.15) is 5.56 Å². The van der Waals surface area contributed by atoms with E-state index in [-0.39, 0.29) is 16.6 Å². The zero-order valence-electron chi connectivity index (χ0n) is 9.55. The molecule has 1 rings (SSSR count). The van der Waals surface area contributed by atoms with E-state index in [1.165, 1.54) is 18.2 Å². The van der Waals surface area contributed by atoms with Gasteiger partial charge in [-0.15, -0.1) is 0 Å². The van der Waals surface area contributed by atoms with E-state index in [0.29, 0.717) is 5.56 Å². The Kier molecular flexibility index (Phi) is 5.46. The van der Waals surface area contributed by atoms with Gasteiger partial charge in [-0.25, -0.2) is 0 Å². The van der Waals surface area contributed by atoms with E-state index in [1.54, 1.807) is 0 Å². The summed E-state index contributed by atoms with van der Waals surface area (Å²) in [7, 11) is 0. The average Bonchev–Trinajstić information content (AvgIpc) is 2.20. The van der Waals surface area contributed by atoms with Crippen LogP contribution in [0.4, 0.5) is 13.2 Å². The second-order valence-electron chi connectivity index (χ2n) is 3.90. The minimum atomic E-state index is -4.47. The number of benzene rings is 1. The van der Waals surface area contributed by atoms with Crippen LogP contribution in [-0.4, -0.2) is 35.2 Å². The molecule has 0 saturated heterocycles. The fourth-order valence-corrected chi connectivity index (χ4v) is 1.83. The van der Waals surface area contributed by atoms with E-state index in [0.717, 1.165) is 4.90 Å². The van der Waals surface area contributed by atoms with Crippen molar-refractivity contribution in [3.63, 3.8) is 0 Å². The van der Waals surface area contributed by atoms with Gasteiger partial charge < -0.3 is 5.11 Å². The molecule has 0 unspecified atom stereocenters. The van der Waals surface area contributed by atoms with Crippen LogP contribution in [0.25, 0.3) is 0 Å². The van der Waals surface area contributed by atoms with Gasteiger partial charge in [0.2, 0.25) is 0 Å². The van der Waals surface area contributed by atoms with Gasteiger partial charge in [0, 0.05) is 6.54 Å². The summed E-state index contributed by atoms with van der Waals surface area (Å²) in [6.07, 6.45) is -4.47. The van der Waals surface area contributed by atoms with E-state index in [4.69, 9.17) is 28.3 Å². The van der Waals surface area contributed by atoms with Crippen molar-refractivity contribution in [2.45, 2.75) is 12.7 Å². The topological polar surface area (TPSA) is 40.5 Å². The lowest BCUT2D eigenvalue weighted by atomic mass is 10.2. The number of carbonyl (C=O) groups is 1. The van der Waals surface area contributed by atoms with Gasteiger partial charge in [0.15, 0.2) is 0 Å². The lowest BCUT2D eigenvalue weighted by Crippen LogP contribution is -2.37. The Morgan fingerprint density at radius 3 is 2.37 bits per heavy atom. The van der Waals surface area contributed by atoms with Gasteiger partial charge in [-0.2, -0.15) is 13.2 Å². The van der Waals surface area contributed by atoms with Crippen LogP contribution in [0.3, 0.4) is 0 Å². The number of carboxylic acids is 1. The maximum absolute atomic E-state index is 12.3. The maximum Gasteiger partial charge on any atom is 0.401 e. The van der Waals surface area contributed by atoms with E-state index in [2.05, 4.69) is 0 Å². The predicted octanol–water partition coefficient (Wildman–Crippen LogP) is 3.44. The van der Waals surface area contributed by atoms with Crippen LogP contribution < -0.4 is 0 Å². The van der Waals surface area contributed by atoms with Gasteiger partial charge in [-0.3, -0.25) is 9.69 Å². The number of rotatable bonds is 5. The molecule has 19 heavy (non-hydrogen) atoms. The summed E-state index contributed by atoms with van der Waals surface area (Å²) in [4.78, 5) is 11.3. The second-order valence-corrected chi connectivity index (χ2v) is 4.72. The van der Waals surface area contributed by atoms with E-state index >= 15 is 0 Å². The SMILES string of the molecule is O=C(O)CN(Cc1ccc(Cl)c(Cl)c1)CC(F)(F)F. The predicted molar refractivity (Wildman–Crippen MR) is 65.4 cm³/mol. The fourth-order valence-electron chi connectivity index (χ4n) is 1.51. The molecule has 0 aromatic heterocycles. The van der Waals surface area contributed by atoms with Gasteiger partial charge in [-0.1, -0.05) is 29.3 Å². The van der Waals surface area contributed by atoms with Crippen molar-refractivity contribution in [1.29, 1.82) is 0 Å². The average molecular weight is 316 g/mol. The molecule has 0 aliphatic heterocycles. The Hall–Kier alpha value is -0.980. The number of alkyl halides is 3. The summed E-state index contributed by atoms with van der Waals surface area (Å²) < 4.78 is 37.0. The number of carboxylic acid groups (broad SMARTS) is 1. The molecule has 0 bridgehead atoms. The summed E-state index contributed by atoms with van der Waals surface area (Å²) in [6.45, 7) is -2.19. The van der Waals surface area contributed by atoms with Crippen LogP contribution in [0.15, 0.2) is 18.2 Å². The molecule has 0 fully saturated rings. The molecule has 0 heterocycles. The Labute approximate surface area is 117 Å². The first-order chi connectivity index (χ1) is 8.67.